The molecule has 3 rings (SSSR count). The topological polar surface area (TPSA) is 28.7 Å². The molecular weight excluding hydrogens is 232 g/mol. The van der Waals surface area contributed by atoms with Gasteiger partial charge in [-0.1, -0.05) is 47.5 Å². The van der Waals surface area contributed by atoms with Gasteiger partial charge in [-0.05, 0) is 19.1 Å². The number of aromatic amines is 1. The molecule has 3 heteroatoms. The van der Waals surface area contributed by atoms with Crippen LogP contribution in [0.5, 0.6) is 0 Å². The molecule has 84 valence electrons. The normalized spacial score (nSPS) is 10.9. The van der Waals surface area contributed by atoms with E-state index < -0.39 is 0 Å². The third-order valence-electron chi connectivity index (χ3n) is 2.79. The van der Waals surface area contributed by atoms with Crippen molar-refractivity contribution in [2.75, 3.05) is 0 Å². The first-order valence-electron chi connectivity index (χ1n) is 5.45. The second kappa shape index (κ2) is 3.90. The SMILES string of the molecule is Cc1ccc(-c2nc3c(Cl)cccc3[nH]2)cc1. The van der Waals surface area contributed by atoms with Gasteiger partial charge >= 0.3 is 0 Å². The molecule has 0 atom stereocenters. The molecule has 0 radical (unpaired) electrons. The number of hydrogen-bond acceptors (Lipinski definition) is 1. The standard InChI is InChI=1S/C14H11ClN2/c1-9-5-7-10(8-6-9)14-16-12-4-2-3-11(15)13(12)17-14/h2-8H,1H3,(H,16,17). The van der Waals surface area contributed by atoms with Crippen molar-refractivity contribution in [1.29, 1.82) is 0 Å². The third-order valence-corrected chi connectivity index (χ3v) is 3.09. The molecule has 0 spiro atoms. The molecule has 17 heavy (non-hydrogen) atoms. The minimum absolute atomic E-state index is 0.678. The van der Waals surface area contributed by atoms with Crippen molar-refractivity contribution < 1.29 is 0 Å². The average Bonchev–Trinajstić information content (AvgIpc) is 2.75. The minimum atomic E-state index is 0.678. The van der Waals surface area contributed by atoms with Crippen LogP contribution in [0.3, 0.4) is 0 Å². The maximum atomic E-state index is 6.10. The highest BCUT2D eigenvalue weighted by Crippen LogP contribution is 2.25. The number of nitrogens with zero attached hydrogens (tertiary/aromatic N) is 1. The Kier molecular flexibility index (Phi) is 2.37. The van der Waals surface area contributed by atoms with Gasteiger partial charge in [-0.25, -0.2) is 4.98 Å². The van der Waals surface area contributed by atoms with Crippen molar-refractivity contribution >= 4 is 22.6 Å². The number of rotatable bonds is 1. The molecule has 0 saturated heterocycles. The van der Waals surface area contributed by atoms with Gasteiger partial charge in [-0.3, -0.25) is 0 Å². The quantitative estimate of drug-likeness (QED) is 0.681. The van der Waals surface area contributed by atoms with Crippen LogP contribution in [0.25, 0.3) is 22.4 Å². The molecule has 2 aromatic carbocycles. The summed E-state index contributed by atoms with van der Waals surface area (Å²) in [4.78, 5) is 7.80. The molecule has 2 nitrogen and oxygen atoms in total. The zero-order valence-electron chi connectivity index (χ0n) is 9.37. The monoisotopic (exact) mass is 242 g/mol. The van der Waals surface area contributed by atoms with Crippen molar-refractivity contribution in [3.05, 3.63) is 53.1 Å². The van der Waals surface area contributed by atoms with Gasteiger partial charge in [0.25, 0.3) is 0 Å². The van der Waals surface area contributed by atoms with Gasteiger partial charge in [-0.2, -0.15) is 0 Å². The zero-order chi connectivity index (χ0) is 11.8. The van der Waals surface area contributed by atoms with Crippen molar-refractivity contribution in [1.82, 2.24) is 9.97 Å². The average molecular weight is 243 g/mol. The number of nitrogens with one attached hydrogen (secondary N) is 1. The number of para-hydroxylation sites is 1. The van der Waals surface area contributed by atoms with E-state index in [1.807, 2.05) is 18.2 Å². The number of hydrogen-bond donors (Lipinski definition) is 1. The van der Waals surface area contributed by atoms with E-state index in [2.05, 4.69) is 41.2 Å². The van der Waals surface area contributed by atoms with E-state index in [-0.39, 0.29) is 0 Å². The van der Waals surface area contributed by atoms with E-state index in [9.17, 15) is 0 Å². The van der Waals surface area contributed by atoms with Crippen LogP contribution >= 0.6 is 11.6 Å². The summed E-state index contributed by atoms with van der Waals surface area (Å²) in [5.74, 6) is 0.855. The Morgan fingerprint density at radius 1 is 1.06 bits per heavy atom. The summed E-state index contributed by atoms with van der Waals surface area (Å²) in [5.41, 5.74) is 4.10. The van der Waals surface area contributed by atoms with Crippen LogP contribution in [-0.2, 0) is 0 Å². The van der Waals surface area contributed by atoms with Crippen molar-refractivity contribution in [3.8, 4) is 11.4 Å². The van der Waals surface area contributed by atoms with Gasteiger partial charge in [0.2, 0.25) is 0 Å². The summed E-state index contributed by atoms with van der Waals surface area (Å²) in [7, 11) is 0. The number of aryl methyl sites for hydroxylation is 1. The van der Waals surface area contributed by atoms with Crippen LogP contribution in [0.15, 0.2) is 42.5 Å². The van der Waals surface area contributed by atoms with E-state index in [0.717, 1.165) is 22.4 Å². The summed E-state index contributed by atoms with van der Waals surface area (Å²) in [5, 5.41) is 0.678. The second-order valence-corrected chi connectivity index (χ2v) is 4.49. The predicted octanol–water partition coefficient (Wildman–Crippen LogP) is 4.19. The smallest absolute Gasteiger partial charge is 0.138 e. The van der Waals surface area contributed by atoms with Gasteiger partial charge in [0.15, 0.2) is 0 Å². The maximum absolute atomic E-state index is 6.10. The third kappa shape index (κ3) is 1.81. The molecular formula is C14H11ClN2. The summed E-state index contributed by atoms with van der Waals surface area (Å²) < 4.78 is 0. The van der Waals surface area contributed by atoms with Gasteiger partial charge in [-0.15, -0.1) is 0 Å². The number of fused-ring (bicyclic) bond motifs is 1. The molecule has 0 amide bonds. The fourth-order valence-corrected chi connectivity index (χ4v) is 2.06. The first-order chi connectivity index (χ1) is 8.24. The molecule has 1 N–H and O–H groups in total. The molecule has 1 aromatic heterocycles. The molecule has 0 bridgehead atoms. The highest BCUT2D eigenvalue weighted by molar-refractivity contribution is 6.34. The maximum Gasteiger partial charge on any atom is 0.138 e. The first kappa shape index (κ1) is 10.4. The number of halogens is 1. The summed E-state index contributed by atoms with van der Waals surface area (Å²) in [6, 6.07) is 14.0. The Morgan fingerprint density at radius 2 is 1.82 bits per heavy atom. The number of H-pyrrole nitrogens is 1. The fourth-order valence-electron chi connectivity index (χ4n) is 1.85. The second-order valence-electron chi connectivity index (χ2n) is 4.09. The molecule has 3 aromatic rings. The van der Waals surface area contributed by atoms with Crippen LogP contribution in [0.4, 0.5) is 0 Å². The molecule has 0 saturated carbocycles. The Bertz CT molecular complexity index is 668. The van der Waals surface area contributed by atoms with E-state index in [1.165, 1.54) is 5.56 Å². The predicted molar refractivity (Wildman–Crippen MR) is 71.3 cm³/mol. The lowest BCUT2D eigenvalue weighted by molar-refractivity contribution is 1.33. The van der Waals surface area contributed by atoms with Crippen LogP contribution in [0.2, 0.25) is 5.02 Å². The van der Waals surface area contributed by atoms with E-state index in [4.69, 9.17) is 11.6 Å². The van der Waals surface area contributed by atoms with Crippen LogP contribution in [0.1, 0.15) is 5.56 Å². The molecule has 0 aliphatic carbocycles. The van der Waals surface area contributed by atoms with Gasteiger partial charge in [0.1, 0.15) is 11.3 Å². The number of aromatic nitrogens is 2. The molecule has 1 heterocycles. The highest BCUT2D eigenvalue weighted by Gasteiger charge is 2.07. The molecule has 0 unspecified atom stereocenters. The summed E-state index contributed by atoms with van der Waals surface area (Å²) in [6.07, 6.45) is 0. The van der Waals surface area contributed by atoms with Crippen molar-refractivity contribution in [3.63, 3.8) is 0 Å². The zero-order valence-corrected chi connectivity index (χ0v) is 10.1. The number of benzene rings is 2. The Labute approximate surface area is 104 Å². The van der Waals surface area contributed by atoms with Crippen molar-refractivity contribution in [2.24, 2.45) is 0 Å². The first-order valence-corrected chi connectivity index (χ1v) is 5.83. The highest BCUT2D eigenvalue weighted by atomic mass is 35.5. The van der Waals surface area contributed by atoms with Crippen LogP contribution < -0.4 is 0 Å². The fraction of sp³-hybridized carbons (Fsp3) is 0.0714. The molecule has 0 aliphatic rings. The summed E-state index contributed by atoms with van der Waals surface area (Å²) in [6.45, 7) is 2.07. The number of imidazole rings is 1. The lowest BCUT2D eigenvalue weighted by Crippen LogP contribution is -1.80. The van der Waals surface area contributed by atoms with Crippen molar-refractivity contribution in [2.45, 2.75) is 6.92 Å². The Hall–Kier alpha value is -1.80. The molecule has 0 aliphatic heterocycles. The van der Waals surface area contributed by atoms with Gasteiger partial charge in [0.05, 0.1) is 10.5 Å². The van der Waals surface area contributed by atoms with Gasteiger partial charge < -0.3 is 4.98 Å². The van der Waals surface area contributed by atoms with Crippen LogP contribution in [0, 0.1) is 6.92 Å². The minimum Gasteiger partial charge on any atom is -0.338 e. The Balaban J connectivity index is 2.18. The van der Waals surface area contributed by atoms with Gasteiger partial charge in [0, 0.05) is 5.56 Å². The lowest BCUT2D eigenvalue weighted by Gasteiger charge is -1.96. The van der Waals surface area contributed by atoms with Crippen LogP contribution in [-0.4, -0.2) is 9.97 Å². The Morgan fingerprint density at radius 3 is 2.53 bits per heavy atom. The lowest BCUT2D eigenvalue weighted by atomic mass is 10.1. The molecule has 0 fully saturated rings. The van der Waals surface area contributed by atoms with E-state index in [1.54, 1.807) is 0 Å². The summed E-state index contributed by atoms with van der Waals surface area (Å²) >= 11 is 6.10. The van der Waals surface area contributed by atoms with E-state index >= 15 is 0 Å². The van der Waals surface area contributed by atoms with E-state index in [0.29, 0.717) is 5.02 Å². The largest absolute Gasteiger partial charge is 0.338 e.